The maximum Gasteiger partial charge on any atom is 0.305 e. The summed E-state index contributed by atoms with van der Waals surface area (Å²) in [4.78, 5) is 22.3. The normalized spacial score (nSPS) is 10.4. The number of carbonyl (C=O) groups excluding carboxylic acids is 2. The molecule has 2 N–H and O–H groups in total. The Hall–Kier alpha value is -1.18. The molecular formula is C14H26O7. The summed E-state index contributed by atoms with van der Waals surface area (Å²) in [6, 6.07) is 0. The van der Waals surface area contributed by atoms with Gasteiger partial charge in [-0.3, -0.25) is 9.59 Å². The van der Waals surface area contributed by atoms with Crippen molar-refractivity contribution < 1.29 is 34.0 Å². The van der Waals surface area contributed by atoms with Crippen molar-refractivity contribution in [3.05, 3.63) is 0 Å². The number of hydrogen-bond donors (Lipinski definition) is 2. The zero-order valence-corrected chi connectivity index (χ0v) is 12.4. The Morgan fingerprint density at radius 1 is 0.667 bits per heavy atom. The molecule has 0 amide bonds. The van der Waals surface area contributed by atoms with Gasteiger partial charge in [0.05, 0.1) is 13.2 Å². The monoisotopic (exact) mass is 306 g/mol. The van der Waals surface area contributed by atoms with Gasteiger partial charge in [-0.2, -0.15) is 0 Å². The van der Waals surface area contributed by atoms with Crippen LogP contribution in [0.3, 0.4) is 0 Å². The van der Waals surface area contributed by atoms with Crippen LogP contribution in [0.25, 0.3) is 0 Å². The van der Waals surface area contributed by atoms with E-state index in [0.29, 0.717) is 38.5 Å². The van der Waals surface area contributed by atoms with Crippen molar-refractivity contribution >= 4 is 11.9 Å². The second-order valence-electron chi connectivity index (χ2n) is 4.41. The topological polar surface area (TPSA) is 102 Å². The fraction of sp³-hybridized carbons (Fsp3) is 0.857. The van der Waals surface area contributed by atoms with E-state index in [-0.39, 0.29) is 51.6 Å². The third-order valence-corrected chi connectivity index (χ3v) is 2.56. The minimum atomic E-state index is -0.303. The Morgan fingerprint density at radius 2 is 1.10 bits per heavy atom. The molecule has 0 aliphatic heterocycles. The van der Waals surface area contributed by atoms with Gasteiger partial charge in [-0.15, -0.1) is 0 Å². The highest BCUT2D eigenvalue weighted by Gasteiger charge is 2.03. The van der Waals surface area contributed by atoms with Crippen LogP contribution in [-0.4, -0.2) is 61.8 Å². The number of hydrogen-bond acceptors (Lipinski definition) is 7. The Labute approximate surface area is 125 Å². The molecule has 0 aromatic heterocycles. The maximum absolute atomic E-state index is 11.2. The second kappa shape index (κ2) is 15.2. The molecule has 0 aromatic carbocycles. The fourth-order valence-corrected chi connectivity index (χ4v) is 1.44. The summed E-state index contributed by atoms with van der Waals surface area (Å²) < 4.78 is 15.0. The number of esters is 2. The van der Waals surface area contributed by atoms with Crippen LogP contribution in [0.1, 0.15) is 38.5 Å². The zero-order valence-electron chi connectivity index (χ0n) is 12.4. The van der Waals surface area contributed by atoms with Gasteiger partial charge < -0.3 is 24.4 Å². The zero-order chi connectivity index (χ0) is 15.8. The Balaban J connectivity index is 3.24. The molecule has 0 fully saturated rings. The summed E-state index contributed by atoms with van der Waals surface area (Å²) in [6.07, 6.45) is 3.01. The predicted octanol–water partition coefficient (Wildman–Crippen LogP) is 0.415. The molecule has 0 heterocycles. The first-order chi connectivity index (χ1) is 10.2. The predicted molar refractivity (Wildman–Crippen MR) is 74.6 cm³/mol. The average molecular weight is 306 g/mol. The average Bonchev–Trinajstić information content (AvgIpc) is 2.47. The number of aliphatic hydroxyl groups excluding tert-OH is 2. The van der Waals surface area contributed by atoms with Crippen molar-refractivity contribution in [3.63, 3.8) is 0 Å². The fourth-order valence-electron chi connectivity index (χ4n) is 1.44. The van der Waals surface area contributed by atoms with Crippen LogP contribution in [0.4, 0.5) is 0 Å². The molecule has 124 valence electrons. The molecule has 0 saturated carbocycles. The number of unbranched alkanes of at least 4 members (excludes halogenated alkanes) is 2. The van der Waals surface area contributed by atoms with E-state index in [1.54, 1.807) is 0 Å². The molecule has 0 aliphatic carbocycles. The first-order valence-corrected chi connectivity index (χ1v) is 7.31. The van der Waals surface area contributed by atoms with E-state index >= 15 is 0 Å². The summed E-state index contributed by atoms with van der Waals surface area (Å²) >= 11 is 0. The van der Waals surface area contributed by atoms with Crippen LogP contribution in [0, 0.1) is 0 Å². The Bertz CT molecular complexity index is 242. The molecule has 0 spiro atoms. The molecule has 0 rings (SSSR count). The standard InChI is InChI=1S/C14H26O7/c15-7-3-1-5-13(17)20-11-9-19-10-12-21-14(18)6-2-4-8-16/h15-16H,1-12H2. The highest BCUT2D eigenvalue weighted by Crippen LogP contribution is 1.98. The van der Waals surface area contributed by atoms with Crippen LogP contribution in [0.15, 0.2) is 0 Å². The summed E-state index contributed by atoms with van der Waals surface area (Å²) in [7, 11) is 0. The van der Waals surface area contributed by atoms with Gasteiger partial charge in [-0.1, -0.05) is 0 Å². The number of ether oxygens (including phenoxy) is 3. The van der Waals surface area contributed by atoms with E-state index in [9.17, 15) is 9.59 Å². The molecule has 0 aliphatic rings. The van der Waals surface area contributed by atoms with Gasteiger partial charge in [0.15, 0.2) is 0 Å². The molecule has 7 heteroatoms. The van der Waals surface area contributed by atoms with Crippen LogP contribution in [0.5, 0.6) is 0 Å². The first-order valence-electron chi connectivity index (χ1n) is 7.31. The minimum absolute atomic E-state index is 0.0785. The molecule has 0 radical (unpaired) electrons. The lowest BCUT2D eigenvalue weighted by Crippen LogP contribution is -2.14. The second-order valence-corrected chi connectivity index (χ2v) is 4.41. The van der Waals surface area contributed by atoms with Crippen molar-refractivity contribution in [1.29, 1.82) is 0 Å². The van der Waals surface area contributed by atoms with E-state index in [1.165, 1.54) is 0 Å². The Morgan fingerprint density at radius 3 is 1.48 bits per heavy atom. The van der Waals surface area contributed by atoms with Crippen molar-refractivity contribution in [2.75, 3.05) is 39.6 Å². The summed E-state index contributed by atoms with van der Waals surface area (Å²) in [5, 5.41) is 17.1. The van der Waals surface area contributed by atoms with Crippen molar-refractivity contribution in [2.24, 2.45) is 0 Å². The number of aliphatic hydroxyl groups is 2. The van der Waals surface area contributed by atoms with Gasteiger partial charge in [-0.05, 0) is 25.7 Å². The van der Waals surface area contributed by atoms with Crippen molar-refractivity contribution in [1.82, 2.24) is 0 Å². The van der Waals surface area contributed by atoms with Crippen molar-refractivity contribution in [3.8, 4) is 0 Å². The third-order valence-electron chi connectivity index (χ3n) is 2.56. The molecule has 7 nitrogen and oxygen atoms in total. The summed E-state index contributed by atoms with van der Waals surface area (Å²) in [5.41, 5.74) is 0. The quantitative estimate of drug-likeness (QED) is 0.354. The molecule has 0 bridgehead atoms. The van der Waals surface area contributed by atoms with Gasteiger partial charge in [0, 0.05) is 26.1 Å². The van der Waals surface area contributed by atoms with E-state index in [1.807, 2.05) is 0 Å². The molecular weight excluding hydrogens is 280 g/mol. The third kappa shape index (κ3) is 15.0. The van der Waals surface area contributed by atoms with E-state index in [2.05, 4.69) is 0 Å². The Kier molecular flexibility index (Phi) is 14.4. The molecule has 0 unspecified atom stereocenters. The molecule has 0 saturated heterocycles. The van der Waals surface area contributed by atoms with Crippen LogP contribution >= 0.6 is 0 Å². The van der Waals surface area contributed by atoms with Crippen LogP contribution in [-0.2, 0) is 23.8 Å². The first kappa shape index (κ1) is 19.8. The van der Waals surface area contributed by atoms with E-state index in [0.717, 1.165) is 0 Å². The lowest BCUT2D eigenvalue weighted by Gasteiger charge is -2.07. The smallest absolute Gasteiger partial charge is 0.305 e. The lowest BCUT2D eigenvalue weighted by molar-refractivity contribution is -0.146. The number of carbonyl (C=O) groups is 2. The van der Waals surface area contributed by atoms with Gasteiger partial charge in [-0.25, -0.2) is 0 Å². The largest absolute Gasteiger partial charge is 0.463 e. The highest BCUT2D eigenvalue weighted by molar-refractivity contribution is 5.69. The highest BCUT2D eigenvalue weighted by atomic mass is 16.6. The van der Waals surface area contributed by atoms with Gasteiger partial charge >= 0.3 is 11.9 Å². The van der Waals surface area contributed by atoms with Gasteiger partial charge in [0.1, 0.15) is 13.2 Å². The van der Waals surface area contributed by atoms with Gasteiger partial charge in [0.2, 0.25) is 0 Å². The van der Waals surface area contributed by atoms with Crippen molar-refractivity contribution in [2.45, 2.75) is 38.5 Å². The van der Waals surface area contributed by atoms with Gasteiger partial charge in [0.25, 0.3) is 0 Å². The number of rotatable bonds is 14. The minimum Gasteiger partial charge on any atom is -0.463 e. The lowest BCUT2D eigenvalue weighted by atomic mass is 10.2. The summed E-state index contributed by atoms with van der Waals surface area (Å²) in [6.45, 7) is 1.01. The van der Waals surface area contributed by atoms with Crippen LogP contribution in [0.2, 0.25) is 0 Å². The summed E-state index contributed by atoms with van der Waals surface area (Å²) in [5.74, 6) is -0.607. The van der Waals surface area contributed by atoms with E-state index < -0.39 is 0 Å². The maximum atomic E-state index is 11.2. The molecule has 0 atom stereocenters. The molecule has 21 heavy (non-hydrogen) atoms. The van der Waals surface area contributed by atoms with E-state index in [4.69, 9.17) is 24.4 Å². The SMILES string of the molecule is O=C(CCCCO)OCCOCCOC(=O)CCCCO. The van der Waals surface area contributed by atoms with Crippen LogP contribution < -0.4 is 0 Å². The molecule has 0 aromatic rings.